The molecule has 176 valence electrons. The third-order valence-corrected chi connectivity index (χ3v) is 8.91. The molecule has 0 radical (unpaired) electrons. The molecule has 2 nitrogen and oxygen atoms in total. The molecule has 2 saturated carbocycles. The quantitative estimate of drug-likeness (QED) is 0.412. The standard InChI is InChI=1S/C26H34N2.C4H10.H2/c1-18-7-8-19(17-28-27-16-18)22-11-12-23-21-10-9-20-6-4-5-14-25(20,2)24(21)13-15-26(22,23)3;1-4(2)3;/h7-9,11,16-17,21,23-24,28H,1,4-6,10,12-15H2,2-3H3;4H,1-3H3;1H/b8-7-,19-17+,27-16-;;. The van der Waals surface area contributed by atoms with Gasteiger partial charge in [0.1, 0.15) is 0 Å². The number of rotatable bonds is 1. The molecule has 0 aromatic rings. The summed E-state index contributed by atoms with van der Waals surface area (Å²) in [5.41, 5.74) is 9.45. The lowest BCUT2D eigenvalue weighted by molar-refractivity contribution is -0.0159. The maximum Gasteiger partial charge on any atom is 0.0538 e. The third kappa shape index (κ3) is 4.22. The fourth-order valence-corrected chi connectivity index (χ4v) is 7.40. The number of allylic oxidation sites excluding steroid dienone is 8. The lowest BCUT2D eigenvalue weighted by Gasteiger charge is -2.57. The molecule has 0 bridgehead atoms. The van der Waals surface area contributed by atoms with Crippen LogP contribution >= 0.6 is 0 Å². The van der Waals surface area contributed by atoms with Gasteiger partial charge < -0.3 is 0 Å². The van der Waals surface area contributed by atoms with Crippen molar-refractivity contribution in [3.8, 4) is 0 Å². The summed E-state index contributed by atoms with van der Waals surface area (Å²) < 4.78 is 0. The van der Waals surface area contributed by atoms with Crippen LogP contribution in [0.3, 0.4) is 0 Å². The Morgan fingerprint density at radius 2 is 1.81 bits per heavy atom. The van der Waals surface area contributed by atoms with Gasteiger partial charge in [-0.05, 0) is 96.2 Å². The van der Waals surface area contributed by atoms with E-state index in [2.05, 4.69) is 82.2 Å². The molecular formula is C30H46N2. The van der Waals surface area contributed by atoms with Gasteiger partial charge in [-0.2, -0.15) is 5.10 Å². The van der Waals surface area contributed by atoms with Crippen molar-refractivity contribution in [2.24, 2.45) is 39.6 Å². The first kappa shape index (κ1) is 23.3. The van der Waals surface area contributed by atoms with Gasteiger partial charge in [0.05, 0.1) is 6.21 Å². The predicted octanol–water partition coefficient (Wildman–Crippen LogP) is 8.37. The van der Waals surface area contributed by atoms with Gasteiger partial charge in [0, 0.05) is 7.63 Å². The van der Waals surface area contributed by atoms with E-state index in [1.165, 1.54) is 62.5 Å². The summed E-state index contributed by atoms with van der Waals surface area (Å²) in [4.78, 5) is 0. The molecule has 0 saturated heterocycles. The van der Waals surface area contributed by atoms with Crippen molar-refractivity contribution in [2.75, 3.05) is 0 Å². The highest BCUT2D eigenvalue weighted by atomic mass is 15.3. The summed E-state index contributed by atoms with van der Waals surface area (Å²) in [6, 6.07) is 0. The number of hydrazone groups is 1. The number of fused-ring (bicyclic) bond motifs is 5. The molecule has 32 heavy (non-hydrogen) atoms. The molecule has 5 atom stereocenters. The monoisotopic (exact) mass is 434 g/mol. The van der Waals surface area contributed by atoms with E-state index in [9.17, 15) is 0 Å². The maximum atomic E-state index is 4.24. The third-order valence-electron chi connectivity index (χ3n) is 8.91. The SMILES string of the molecule is C=C1/C=C\C(C2=CCC3C4CC=C5CCCCC5(C)C4CCC23C)=C/N/N=C\1.CC(C)C.[HH]. The molecule has 1 heterocycles. The molecule has 1 N–H and O–H groups in total. The fraction of sp³-hybridized carbons (Fsp3) is 0.633. The van der Waals surface area contributed by atoms with Gasteiger partial charge in [-0.25, -0.2) is 0 Å². The molecule has 4 aliphatic carbocycles. The lowest BCUT2D eigenvalue weighted by Crippen LogP contribution is -2.49. The van der Waals surface area contributed by atoms with Crippen LogP contribution in [0.15, 0.2) is 64.5 Å². The summed E-state index contributed by atoms with van der Waals surface area (Å²) >= 11 is 0. The Morgan fingerprint density at radius 1 is 1.03 bits per heavy atom. The molecule has 2 fully saturated rings. The Morgan fingerprint density at radius 3 is 2.59 bits per heavy atom. The van der Waals surface area contributed by atoms with E-state index in [1.54, 1.807) is 11.8 Å². The van der Waals surface area contributed by atoms with Gasteiger partial charge in [-0.1, -0.05) is 77.5 Å². The second kappa shape index (κ2) is 9.20. The van der Waals surface area contributed by atoms with Crippen LogP contribution in [-0.2, 0) is 0 Å². The summed E-state index contributed by atoms with van der Waals surface area (Å²) in [5, 5.41) is 4.24. The molecule has 0 aromatic carbocycles. The van der Waals surface area contributed by atoms with Gasteiger partial charge in [0.15, 0.2) is 0 Å². The minimum Gasteiger partial charge on any atom is -0.285 e. The van der Waals surface area contributed by atoms with Crippen molar-refractivity contribution in [3.05, 3.63) is 59.4 Å². The van der Waals surface area contributed by atoms with Gasteiger partial charge >= 0.3 is 0 Å². The second-order valence-electron chi connectivity index (χ2n) is 11.9. The van der Waals surface area contributed by atoms with Crippen LogP contribution in [0, 0.1) is 34.5 Å². The van der Waals surface area contributed by atoms with Crippen LogP contribution in [-0.4, -0.2) is 6.21 Å². The fourth-order valence-electron chi connectivity index (χ4n) is 7.40. The number of nitrogens with one attached hydrogen (secondary N) is 1. The highest BCUT2D eigenvalue weighted by molar-refractivity contribution is 5.81. The number of hydrogen-bond acceptors (Lipinski definition) is 2. The molecule has 5 unspecified atom stereocenters. The molecular weight excluding hydrogens is 388 g/mol. The zero-order chi connectivity index (χ0) is 22.9. The minimum absolute atomic E-state index is 0. The van der Waals surface area contributed by atoms with E-state index in [1.807, 2.05) is 0 Å². The Labute approximate surface area is 198 Å². The predicted molar refractivity (Wildman–Crippen MR) is 140 cm³/mol. The van der Waals surface area contributed by atoms with E-state index in [4.69, 9.17) is 0 Å². The Hall–Kier alpha value is -1.83. The van der Waals surface area contributed by atoms with E-state index in [0.29, 0.717) is 10.8 Å². The van der Waals surface area contributed by atoms with Crippen molar-refractivity contribution < 1.29 is 1.43 Å². The molecule has 0 aromatic heterocycles. The van der Waals surface area contributed by atoms with E-state index < -0.39 is 0 Å². The minimum atomic E-state index is 0. The Bertz CT molecular complexity index is 886. The van der Waals surface area contributed by atoms with Crippen LogP contribution in [0.5, 0.6) is 0 Å². The normalized spacial score (nSPS) is 41.6. The van der Waals surface area contributed by atoms with Crippen molar-refractivity contribution in [1.29, 1.82) is 0 Å². The summed E-state index contributed by atoms with van der Waals surface area (Å²) in [6.07, 6.45) is 24.3. The summed E-state index contributed by atoms with van der Waals surface area (Å²) in [7, 11) is 0. The first-order valence-corrected chi connectivity index (χ1v) is 13.0. The zero-order valence-corrected chi connectivity index (χ0v) is 21.1. The van der Waals surface area contributed by atoms with Crippen molar-refractivity contribution in [2.45, 2.75) is 86.0 Å². The first-order chi connectivity index (χ1) is 15.3. The van der Waals surface area contributed by atoms with Gasteiger partial charge in [-0.3, -0.25) is 5.43 Å². The van der Waals surface area contributed by atoms with E-state index >= 15 is 0 Å². The lowest BCUT2D eigenvalue weighted by atomic mass is 9.47. The Kier molecular flexibility index (Phi) is 6.71. The van der Waals surface area contributed by atoms with Crippen LogP contribution < -0.4 is 5.43 Å². The zero-order valence-electron chi connectivity index (χ0n) is 21.1. The number of hydrogen-bond donors (Lipinski definition) is 1. The first-order valence-electron chi connectivity index (χ1n) is 13.0. The molecule has 2 heteroatoms. The molecule has 0 amide bonds. The highest BCUT2D eigenvalue weighted by Gasteiger charge is 2.56. The summed E-state index contributed by atoms with van der Waals surface area (Å²) in [6.45, 7) is 15.7. The van der Waals surface area contributed by atoms with Crippen molar-refractivity contribution in [3.63, 3.8) is 0 Å². The van der Waals surface area contributed by atoms with Gasteiger partial charge in [0.2, 0.25) is 0 Å². The number of nitrogens with zero attached hydrogens (tertiary/aromatic N) is 1. The van der Waals surface area contributed by atoms with Crippen LogP contribution in [0.4, 0.5) is 0 Å². The largest absolute Gasteiger partial charge is 0.285 e. The van der Waals surface area contributed by atoms with Crippen LogP contribution in [0.1, 0.15) is 87.4 Å². The summed E-state index contributed by atoms with van der Waals surface area (Å²) in [5.74, 6) is 3.35. The van der Waals surface area contributed by atoms with Gasteiger partial charge in [-0.15, -0.1) is 0 Å². The van der Waals surface area contributed by atoms with Crippen LogP contribution in [0.25, 0.3) is 0 Å². The molecule has 1 aliphatic heterocycles. The molecule has 5 rings (SSSR count). The average molecular weight is 435 g/mol. The average Bonchev–Trinajstić information content (AvgIpc) is 3.07. The van der Waals surface area contributed by atoms with Gasteiger partial charge in [0.25, 0.3) is 0 Å². The van der Waals surface area contributed by atoms with Crippen molar-refractivity contribution in [1.82, 2.24) is 5.43 Å². The van der Waals surface area contributed by atoms with Crippen LogP contribution in [0.2, 0.25) is 0 Å². The van der Waals surface area contributed by atoms with E-state index in [0.717, 1.165) is 29.2 Å². The molecule has 5 aliphatic rings. The van der Waals surface area contributed by atoms with Crippen molar-refractivity contribution >= 4 is 6.21 Å². The molecule has 0 spiro atoms. The second-order valence-corrected chi connectivity index (χ2v) is 11.9. The Balaban J connectivity index is 0.000000569. The topological polar surface area (TPSA) is 24.4 Å². The highest BCUT2D eigenvalue weighted by Crippen LogP contribution is 2.65. The maximum absolute atomic E-state index is 4.24. The smallest absolute Gasteiger partial charge is 0.0538 e. The van der Waals surface area contributed by atoms with E-state index in [-0.39, 0.29) is 1.43 Å².